The predicted octanol–water partition coefficient (Wildman–Crippen LogP) is 1.85. The molecule has 1 aliphatic rings. The minimum Gasteiger partial charge on any atom is -0.344 e. The number of benzene rings is 1. The molecule has 1 aromatic rings. The van der Waals surface area contributed by atoms with Crippen LogP contribution in [0, 0.1) is 6.92 Å². The minimum atomic E-state index is -0.387. The molecule has 0 aliphatic carbocycles. The van der Waals surface area contributed by atoms with Crippen LogP contribution in [0.5, 0.6) is 0 Å². The Bertz CT molecular complexity index is 527. The van der Waals surface area contributed by atoms with Gasteiger partial charge in [0.15, 0.2) is 0 Å². The fourth-order valence-corrected chi connectivity index (χ4v) is 2.65. The van der Waals surface area contributed by atoms with Crippen molar-refractivity contribution >= 4 is 11.9 Å². The van der Waals surface area contributed by atoms with Gasteiger partial charge in [-0.2, -0.15) is 0 Å². The van der Waals surface area contributed by atoms with E-state index in [2.05, 4.69) is 41.8 Å². The highest BCUT2D eigenvalue weighted by molar-refractivity contribution is 5.88. The molecule has 0 bridgehead atoms. The number of nitrogens with one attached hydrogen (secondary N) is 2. The van der Waals surface area contributed by atoms with Gasteiger partial charge in [-0.25, -0.2) is 4.79 Å². The Hall–Kier alpha value is -2.04. The van der Waals surface area contributed by atoms with E-state index in [1.54, 1.807) is 11.9 Å². The molecule has 2 rings (SSSR count). The standard InChI is InChI=1S/C17H25N3O2/c1-4-14(11-13-7-5-12(2)6-8-13)18-17(22)19-15-9-10-20(3)16(15)21/h5-8,14-15H,4,9-11H2,1-3H3,(H2,18,19,22)/t14-,15-/m1/s1. The number of hydrogen-bond donors (Lipinski definition) is 2. The van der Waals surface area contributed by atoms with Crippen LogP contribution in [0.25, 0.3) is 0 Å². The molecule has 22 heavy (non-hydrogen) atoms. The van der Waals surface area contributed by atoms with E-state index in [0.29, 0.717) is 13.0 Å². The maximum Gasteiger partial charge on any atom is 0.315 e. The topological polar surface area (TPSA) is 61.4 Å². The third kappa shape index (κ3) is 4.23. The molecule has 3 amide bonds. The first kappa shape index (κ1) is 16.3. The Kier molecular flexibility index (Phi) is 5.41. The molecule has 2 atom stereocenters. The molecule has 1 heterocycles. The Morgan fingerprint density at radius 1 is 1.36 bits per heavy atom. The number of carbonyl (C=O) groups is 2. The largest absolute Gasteiger partial charge is 0.344 e. The van der Waals surface area contributed by atoms with Gasteiger partial charge < -0.3 is 15.5 Å². The molecule has 2 N–H and O–H groups in total. The zero-order valence-corrected chi connectivity index (χ0v) is 13.6. The second-order valence-corrected chi connectivity index (χ2v) is 6.01. The number of urea groups is 1. The highest BCUT2D eigenvalue weighted by Crippen LogP contribution is 2.10. The third-order valence-corrected chi connectivity index (χ3v) is 4.16. The second-order valence-electron chi connectivity index (χ2n) is 6.01. The lowest BCUT2D eigenvalue weighted by molar-refractivity contribution is -0.128. The number of aryl methyl sites for hydroxylation is 1. The summed E-state index contributed by atoms with van der Waals surface area (Å²) in [5.41, 5.74) is 2.43. The average Bonchev–Trinajstić information content (AvgIpc) is 2.80. The summed E-state index contributed by atoms with van der Waals surface area (Å²) in [6.45, 7) is 4.81. The average molecular weight is 303 g/mol. The lowest BCUT2D eigenvalue weighted by atomic mass is 10.0. The molecular weight excluding hydrogens is 278 g/mol. The van der Waals surface area contributed by atoms with Crippen molar-refractivity contribution in [3.05, 3.63) is 35.4 Å². The number of likely N-dealkylation sites (N-methyl/N-ethyl adjacent to an activating group) is 1. The zero-order valence-electron chi connectivity index (χ0n) is 13.6. The van der Waals surface area contributed by atoms with Crippen molar-refractivity contribution in [2.24, 2.45) is 0 Å². The first-order valence-corrected chi connectivity index (χ1v) is 7.87. The van der Waals surface area contributed by atoms with Crippen LogP contribution in [0.4, 0.5) is 4.79 Å². The smallest absolute Gasteiger partial charge is 0.315 e. The van der Waals surface area contributed by atoms with Crippen molar-refractivity contribution in [1.29, 1.82) is 0 Å². The lowest BCUT2D eigenvalue weighted by Crippen LogP contribution is -2.49. The molecule has 1 fully saturated rings. The summed E-state index contributed by atoms with van der Waals surface area (Å²) in [5, 5.41) is 5.75. The van der Waals surface area contributed by atoms with E-state index >= 15 is 0 Å². The molecule has 120 valence electrons. The number of likely N-dealkylation sites (tertiary alicyclic amines) is 1. The molecule has 1 saturated heterocycles. The summed E-state index contributed by atoms with van der Waals surface area (Å²) in [6.07, 6.45) is 2.32. The molecule has 0 saturated carbocycles. The quantitative estimate of drug-likeness (QED) is 0.872. The summed E-state index contributed by atoms with van der Waals surface area (Å²) in [5.74, 6) is -0.0123. The van der Waals surface area contributed by atoms with E-state index in [1.165, 1.54) is 11.1 Å². The number of amides is 3. The monoisotopic (exact) mass is 303 g/mol. The Labute approximate surface area is 132 Å². The van der Waals surface area contributed by atoms with Crippen LogP contribution < -0.4 is 10.6 Å². The summed E-state index contributed by atoms with van der Waals surface area (Å²) in [4.78, 5) is 25.5. The molecule has 0 radical (unpaired) electrons. The van der Waals surface area contributed by atoms with Crippen LogP contribution in [0.2, 0.25) is 0 Å². The fraction of sp³-hybridized carbons (Fsp3) is 0.529. The number of nitrogens with zero attached hydrogens (tertiary/aromatic N) is 1. The van der Waals surface area contributed by atoms with E-state index in [0.717, 1.165) is 12.8 Å². The van der Waals surface area contributed by atoms with Gasteiger partial charge in [0.1, 0.15) is 6.04 Å². The number of rotatable bonds is 5. The summed E-state index contributed by atoms with van der Waals surface area (Å²) < 4.78 is 0. The van der Waals surface area contributed by atoms with E-state index in [1.807, 2.05) is 6.92 Å². The fourth-order valence-electron chi connectivity index (χ4n) is 2.65. The van der Waals surface area contributed by atoms with Crippen molar-refractivity contribution in [3.8, 4) is 0 Å². The van der Waals surface area contributed by atoms with Gasteiger partial charge in [0.05, 0.1) is 0 Å². The van der Waals surface area contributed by atoms with E-state index < -0.39 is 0 Å². The summed E-state index contributed by atoms with van der Waals surface area (Å²) in [7, 11) is 1.76. The highest BCUT2D eigenvalue weighted by Gasteiger charge is 2.30. The minimum absolute atomic E-state index is 0.0123. The molecule has 0 aromatic heterocycles. The predicted molar refractivity (Wildman–Crippen MR) is 86.7 cm³/mol. The van der Waals surface area contributed by atoms with Crippen LogP contribution in [0.1, 0.15) is 30.9 Å². The van der Waals surface area contributed by atoms with Gasteiger partial charge in [0, 0.05) is 19.6 Å². The van der Waals surface area contributed by atoms with Crippen LogP contribution in [-0.4, -0.2) is 42.5 Å². The SMILES string of the molecule is CC[C@H](Cc1ccc(C)cc1)NC(=O)N[C@@H]1CCN(C)C1=O. The van der Waals surface area contributed by atoms with Gasteiger partial charge in [-0.3, -0.25) is 4.79 Å². The van der Waals surface area contributed by atoms with Crippen molar-refractivity contribution < 1.29 is 9.59 Å². The lowest BCUT2D eigenvalue weighted by Gasteiger charge is -2.19. The van der Waals surface area contributed by atoms with Gasteiger partial charge in [-0.05, 0) is 31.7 Å². The van der Waals surface area contributed by atoms with Crippen molar-refractivity contribution in [2.45, 2.75) is 45.2 Å². The zero-order chi connectivity index (χ0) is 16.1. The molecule has 5 nitrogen and oxygen atoms in total. The second kappa shape index (κ2) is 7.29. The maximum absolute atomic E-state index is 12.1. The van der Waals surface area contributed by atoms with Crippen molar-refractivity contribution in [2.75, 3.05) is 13.6 Å². The van der Waals surface area contributed by atoms with Crippen LogP contribution in [0.3, 0.4) is 0 Å². The third-order valence-electron chi connectivity index (χ3n) is 4.16. The Morgan fingerprint density at radius 3 is 2.59 bits per heavy atom. The summed E-state index contributed by atoms with van der Waals surface area (Å²) in [6, 6.07) is 7.76. The van der Waals surface area contributed by atoms with E-state index in [4.69, 9.17) is 0 Å². The van der Waals surface area contributed by atoms with Crippen LogP contribution in [-0.2, 0) is 11.2 Å². The summed E-state index contributed by atoms with van der Waals surface area (Å²) >= 11 is 0. The molecule has 0 spiro atoms. The molecule has 1 aromatic carbocycles. The normalized spacial score (nSPS) is 19.1. The first-order chi connectivity index (χ1) is 10.5. The molecule has 5 heteroatoms. The van der Waals surface area contributed by atoms with E-state index in [9.17, 15) is 9.59 Å². The van der Waals surface area contributed by atoms with Crippen LogP contribution >= 0.6 is 0 Å². The van der Waals surface area contributed by atoms with Crippen LogP contribution in [0.15, 0.2) is 24.3 Å². The van der Waals surface area contributed by atoms with Gasteiger partial charge >= 0.3 is 6.03 Å². The van der Waals surface area contributed by atoms with Crippen molar-refractivity contribution in [3.63, 3.8) is 0 Å². The van der Waals surface area contributed by atoms with Gasteiger partial charge in [0.2, 0.25) is 5.91 Å². The van der Waals surface area contributed by atoms with Crippen molar-refractivity contribution in [1.82, 2.24) is 15.5 Å². The van der Waals surface area contributed by atoms with E-state index in [-0.39, 0.29) is 24.0 Å². The number of hydrogen-bond acceptors (Lipinski definition) is 2. The first-order valence-electron chi connectivity index (χ1n) is 7.87. The maximum atomic E-state index is 12.1. The van der Waals surface area contributed by atoms with Gasteiger partial charge in [-0.1, -0.05) is 36.8 Å². The number of carbonyl (C=O) groups excluding carboxylic acids is 2. The molecule has 1 aliphatic heterocycles. The Morgan fingerprint density at radius 2 is 2.05 bits per heavy atom. The van der Waals surface area contributed by atoms with Gasteiger partial charge in [-0.15, -0.1) is 0 Å². The Balaban J connectivity index is 1.85. The molecular formula is C17H25N3O2. The highest BCUT2D eigenvalue weighted by atomic mass is 16.2. The van der Waals surface area contributed by atoms with Gasteiger partial charge in [0.25, 0.3) is 0 Å². The molecule has 0 unspecified atom stereocenters.